The van der Waals surface area contributed by atoms with Gasteiger partial charge in [0.05, 0.1) is 0 Å². The standard InChI is InChI=1S/C13H21NO2.ClH/c1-8(12(15)16)14-13-5-9-2-10(6-13)4-11(3-9)7-13;/h8-11,14H,2-7H2,1H3,(H,15,16);1H/t8-,9?,10?,11?,13?;/m0./s1. The van der Waals surface area contributed by atoms with Crippen LogP contribution in [0.1, 0.15) is 45.4 Å². The number of aliphatic carboxylic acids is 1. The van der Waals surface area contributed by atoms with Crippen LogP contribution in [0, 0.1) is 17.8 Å². The molecule has 0 aromatic heterocycles. The monoisotopic (exact) mass is 259 g/mol. The van der Waals surface area contributed by atoms with Gasteiger partial charge in [-0.2, -0.15) is 0 Å². The molecule has 4 bridgehead atoms. The molecule has 4 aliphatic rings. The minimum Gasteiger partial charge on any atom is -0.480 e. The SMILES string of the molecule is C[C@H](NC12CC3CC(CC(C3)C1)C2)C(=O)O.Cl. The minimum atomic E-state index is -0.712. The maximum Gasteiger partial charge on any atom is 0.320 e. The third kappa shape index (κ3) is 2.32. The summed E-state index contributed by atoms with van der Waals surface area (Å²) in [5, 5.41) is 12.4. The van der Waals surface area contributed by atoms with E-state index >= 15 is 0 Å². The number of carboxylic acid groups (broad SMARTS) is 1. The van der Waals surface area contributed by atoms with Gasteiger partial charge in [0, 0.05) is 5.54 Å². The molecule has 4 fully saturated rings. The molecule has 4 heteroatoms. The van der Waals surface area contributed by atoms with Crippen molar-refractivity contribution in [3.63, 3.8) is 0 Å². The van der Waals surface area contributed by atoms with E-state index in [1.165, 1.54) is 38.5 Å². The molecule has 4 rings (SSSR count). The Bertz CT molecular complexity index is 283. The van der Waals surface area contributed by atoms with E-state index in [1.54, 1.807) is 6.92 Å². The van der Waals surface area contributed by atoms with E-state index in [2.05, 4.69) is 5.32 Å². The second-order valence-corrected chi connectivity index (χ2v) is 6.40. The van der Waals surface area contributed by atoms with Crippen LogP contribution in [-0.4, -0.2) is 22.7 Å². The Hall–Kier alpha value is -0.280. The number of halogens is 1. The van der Waals surface area contributed by atoms with E-state index in [1.807, 2.05) is 0 Å². The fourth-order valence-electron chi connectivity index (χ4n) is 4.81. The van der Waals surface area contributed by atoms with E-state index < -0.39 is 12.0 Å². The summed E-state index contributed by atoms with van der Waals surface area (Å²) in [5.41, 5.74) is 0.173. The quantitative estimate of drug-likeness (QED) is 0.819. The van der Waals surface area contributed by atoms with Crippen LogP contribution in [0.5, 0.6) is 0 Å². The summed E-state index contributed by atoms with van der Waals surface area (Å²) in [7, 11) is 0. The second-order valence-electron chi connectivity index (χ2n) is 6.40. The van der Waals surface area contributed by atoms with Crippen LogP contribution in [0.4, 0.5) is 0 Å². The van der Waals surface area contributed by atoms with Crippen molar-refractivity contribution in [1.82, 2.24) is 5.32 Å². The highest BCUT2D eigenvalue weighted by Gasteiger charge is 2.51. The predicted molar refractivity (Wildman–Crippen MR) is 68.4 cm³/mol. The van der Waals surface area contributed by atoms with E-state index in [-0.39, 0.29) is 17.9 Å². The summed E-state index contributed by atoms with van der Waals surface area (Å²) in [6.07, 6.45) is 7.87. The Kier molecular flexibility index (Phi) is 3.43. The van der Waals surface area contributed by atoms with Crippen molar-refractivity contribution in [2.75, 3.05) is 0 Å². The zero-order chi connectivity index (χ0) is 11.3. The van der Waals surface area contributed by atoms with Crippen LogP contribution in [0.15, 0.2) is 0 Å². The Morgan fingerprint density at radius 2 is 1.59 bits per heavy atom. The number of nitrogens with one attached hydrogen (secondary N) is 1. The summed E-state index contributed by atoms with van der Waals surface area (Å²) in [6.45, 7) is 1.78. The number of rotatable bonds is 3. The average molecular weight is 260 g/mol. The summed E-state index contributed by atoms with van der Waals surface area (Å²) in [5.74, 6) is 1.91. The van der Waals surface area contributed by atoms with Crippen molar-refractivity contribution < 1.29 is 9.90 Å². The molecule has 2 N–H and O–H groups in total. The lowest BCUT2D eigenvalue weighted by atomic mass is 9.53. The molecule has 0 spiro atoms. The van der Waals surface area contributed by atoms with Crippen LogP contribution in [0.2, 0.25) is 0 Å². The first kappa shape index (κ1) is 13.2. The van der Waals surface area contributed by atoms with E-state index in [0.717, 1.165) is 17.8 Å². The van der Waals surface area contributed by atoms with Crippen LogP contribution in [-0.2, 0) is 4.79 Å². The van der Waals surface area contributed by atoms with Gasteiger partial charge in [0.15, 0.2) is 0 Å². The lowest BCUT2D eigenvalue weighted by molar-refractivity contribution is -0.140. The van der Waals surface area contributed by atoms with Crippen molar-refractivity contribution >= 4 is 18.4 Å². The van der Waals surface area contributed by atoms with Gasteiger partial charge in [0.2, 0.25) is 0 Å². The highest BCUT2D eigenvalue weighted by atomic mass is 35.5. The van der Waals surface area contributed by atoms with E-state index in [4.69, 9.17) is 5.11 Å². The molecule has 4 saturated carbocycles. The normalized spacial score (nSPS) is 44.2. The largest absolute Gasteiger partial charge is 0.480 e. The fraction of sp³-hybridized carbons (Fsp3) is 0.923. The lowest BCUT2D eigenvalue weighted by Gasteiger charge is -2.57. The third-order valence-corrected chi connectivity index (χ3v) is 4.93. The number of hydrogen-bond donors (Lipinski definition) is 2. The van der Waals surface area contributed by atoms with Crippen LogP contribution in [0.25, 0.3) is 0 Å². The third-order valence-electron chi connectivity index (χ3n) is 4.93. The highest BCUT2D eigenvalue weighted by molar-refractivity contribution is 5.85. The van der Waals surface area contributed by atoms with Crippen LogP contribution >= 0.6 is 12.4 Å². The average Bonchev–Trinajstić information content (AvgIpc) is 2.13. The lowest BCUT2D eigenvalue weighted by Crippen LogP contribution is -2.61. The van der Waals surface area contributed by atoms with Crippen LogP contribution < -0.4 is 5.32 Å². The Labute approximate surface area is 109 Å². The van der Waals surface area contributed by atoms with Gasteiger partial charge in [-0.1, -0.05) is 0 Å². The molecule has 0 aromatic rings. The van der Waals surface area contributed by atoms with Gasteiger partial charge in [-0.05, 0) is 63.2 Å². The summed E-state index contributed by atoms with van der Waals surface area (Å²) < 4.78 is 0. The molecule has 98 valence electrons. The molecule has 0 aromatic carbocycles. The van der Waals surface area contributed by atoms with Gasteiger partial charge < -0.3 is 5.11 Å². The van der Waals surface area contributed by atoms with Crippen molar-refractivity contribution in [1.29, 1.82) is 0 Å². The molecule has 0 saturated heterocycles. The molecule has 1 atom stereocenters. The number of hydrogen-bond acceptors (Lipinski definition) is 2. The molecule has 0 heterocycles. The molecular formula is C13H22ClNO2. The predicted octanol–water partition coefficient (Wildman–Crippen LogP) is 2.44. The minimum absolute atomic E-state index is 0. The molecule has 4 aliphatic carbocycles. The first-order chi connectivity index (χ1) is 7.56. The van der Waals surface area contributed by atoms with Crippen molar-refractivity contribution in [3.05, 3.63) is 0 Å². The molecule has 0 amide bonds. The second kappa shape index (κ2) is 4.43. The maximum absolute atomic E-state index is 11.0. The molecule has 17 heavy (non-hydrogen) atoms. The first-order valence-electron chi connectivity index (χ1n) is 6.57. The molecule has 0 aliphatic heterocycles. The number of carboxylic acids is 1. The topological polar surface area (TPSA) is 49.3 Å². The van der Waals surface area contributed by atoms with Gasteiger partial charge in [0.1, 0.15) is 6.04 Å². The Balaban J connectivity index is 0.00000108. The maximum atomic E-state index is 11.0. The molecule has 0 unspecified atom stereocenters. The van der Waals surface area contributed by atoms with Crippen molar-refractivity contribution in [3.8, 4) is 0 Å². The summed E-state index contributed by atoms with van der Waals surface area (Å²) in [4.78, 5) is 11.0. The number of carbonyl (C=O) groups is 1. The Morgan fingerprint density at radius 3 is 1.94 bits per heavy atom. The zero-order valence-corrected chi connectivity index (χ0v) is 11.1. The van der Waals surface area contributed by atoms with Crippen molar-refractivity contribution in [2.24, 2.45) is 17.8 Å². The van der Waals surface area contributed by atoms with E-state index in [9.17, 15) is 4.79 Å². The fourth-order valence-corrected chi connectivity index (χ4v) is 4.81. The van der Waals surface area contributed by atoms with Gasteiger partial charge >= 0.3 is 5.97 Å². The smallest absolute Gasteiger partial charge is 0.320 e. The van der Waals surface area contributed by atoms with Gasteiger partial charge in [-0.3, -0.25) is 10.1 Å². The molecular weight excluding hydrogens is 238 g/mol. The van der Waals surface area contributed by atoms with E-state index in [0.29, 0.717) is 0 Å². The molecule has 0 radical (unpaired) electrons. The molecule has 3 nitrogen and oxygen atoms in total. The van der Waals surface area contributed by atoms with Gasteiger partial charge in [-0.15, -0.1) is 12.4 Å². The summed E-state index contributed by atoms with van der Waals surface area (Å²) >= 11 is 0. The Morgan fingerprint density at radius 1 is 1.18 bits per heavy atom. The van der Waals surface area contributed by atoms with Crippen molar-refractivity contribution in [2.45, 2.75) is 57.0 Å². The first-order valence-corrected chi connectivity index (χ1v) is 6.57. The zero-order valence-electron chi connectivity index (χ0n) is 10.3. The van der Waals surface area contributed by atoms with Crippen LogP contribution in [0.3, 0.4) is 0 Å². The van der Waals surface area contributed by atoms with Gasteiger partial charge in [-0.25, -0.2) is 0 Å². The highest BCUT2D eigenvalue weighted by Crippen LogP contribution is 2.55. The summed E-state index contributed by atoms with van der Waals surface area (Å²) in [6, 6.07) is -0.392. The van der Waals surface area contributed by atoms with Gasteiger partial charge in [0.25, 0.3) is 0 Å².